The van der Waals surface area contributed by atoms with E-state index in [0.717, 1.165) is 37.8 Å². The van der Waals surface area contributed by atoms with Crippen LogP contribution in [0.15, 0.2) is 12.1 Å². The molecule has 0 unspecified atom stereocenters. The molecule has 1 N–H and O–H groups in total. The van der Waals surface area contributed by atoms with E-state index < -0.39 is 0 Å². The topological polar surface area (TPSA) is 37.4 Å². The molecule has 1 heterocycles. The highest BCUT2D eigenvalue weighted by molar-refractivity contribution is 5.40. The van der Waals surface area contributed by atoms with Crippen LogP contribution in [0.4, 0.5) is 5.82 Å². The van der Waals surface area contributed by atoms with E-state index in [0.29, 0.717) is 0 Å². The molecule has 1 rings (SSSR count). The highest BCUT2D eigenvalue weighted by Gasteiger charge is 2.05. The van der Waals surface area contributed by atoms with Gasteiger partial charge in [-0.3, -0.25) is 0 Å². The van der Waals surface area contributed by atoms with Gasteiger partial charge in [0.15, 0.2) is 0 Å². The Labute approximate surface area is 104 Å². The zero-order chi connectivity index (χ0) is 12.7. The van der Waals surface area contributed by atoms with E-state index >= 15 is 0 Å². The molecule has 0 bridgehead atoms. The van der Waals surface area contributed by atoms with Crippen LogP contribution >= 0.6 is 0 Å². The molecule has 1 aromatic rings. The van der Waals surface area contributed by atoms with Gasteiger partial charge < -0.3 is 15.0 Å². The maximum Gasteiger partial charge on any atom is 0.128 e. The fourth-order valence-electron chi connectivity index (χ4n) is 1.63. The molecule has 17 heavy (non-hydrogen) atoms. The van der Waals surface area contributed by atoms with E-state index in [1.807, 2.05) is 27.9 Å². The standard InChI is InChI=1S/C13H23N3O/c1-5-17-9-8-16(4)13-7-6-12(10-14-3)11(2)15-13/h6-7,14H,5,8-10H2,1-4H3. The van der Waals surface area contributed by atoms with Crippen LogP contribution in [-0.4, -0.2) is 38.8 Å². The van der Waals surface area contributed by atoms with Crippen LogP contribution in [0.1, 0.15) is 18.2 Å². The second-order valence-electron chi connectivity index (χ2n) is 4.06. The molecule has 4 heteroatoms. The molecule has 0 radical (unpaired) electrons. The second-order valence-corrected chi connectivity index (χ2v) is 4.06. The summed E-state index contributed by atoms with van der Waals surface area (Å²) in [7, 11) is 3.99. The van der Waals surface area contributed by atoms with Crippen LogP contribution in [0.3, 0.4) is 0 Å². The van der Waals surface area contributed by atoms with Crippen molar-refractivity contribution in [3.05, 3.63) is 23.4 Å². The quantitative estimate of drug-likeness (QED) is 0.731. The molecule has 0 atom stereocenters. The SMILES string of the molecule is CCOCCN(C)c1ccc(CNC)c(C)n1. The molecular formula is C13H23N3O. The van der Waals surface area contributed by atoms with Crippen LogP contribution in [-0.2, 0) is 11.3 Å². The van der Waals surface area contributed by atoms with Crippen molar-refractivity contribution in [2.75, 3.05) is 38.8 Å². The van der Waals surface area contributed by atoms with Gasteiger partial charge in [0.2, 0.25) is 0 Å². The van der Waals surface area contributed by atoms with Crippen LogP contribution < -0.4 is 10.2 Å². The molecule has 96 valence electrons. The fourth-order valence-corrected chi connectivity index (χ4v) is 1.63. The van der Waals surface area contributed by atoms with E-state index in [1.165, 1.54) is 5.56 Å². The van der Waals surface area contributed by atoms with Crippen LogP contribution in [0.2, 0.25) is 0 Å². The zero-order valence-electron chi connectivity index (χ0n) is 11.3. The molecule has 0 aliphatic carbocycles. The molecule has 0 spiro atoms. The Kier molecular flexibility index (Phi) is 5.94. The summed E-state index contributed by atoms with van der Waals surface area (Å²) < 4.78 is 5.34. The van der Waals surface area contributed by atoms with Crippen molar-refractivity contribution >= 4 is 5.82 Å². The van der Waals surface area contributed by atoms with E-state index in [-0.39, 0.29) is 0 Å². The van der Waals surface area contributed by atoms with Crippen LogP contribution in [0, 0.1) is 6.92 Å². The van der Waals surface area contributed by atoms with Gasteiger partial charge in [-0.25, -0.2) is 4.98 Å². The molecule has 1 aromatic heterocycles. The number of pyridine rings is 1. The minimum atomic E-state index is 0.742. The fraction of sp³-hybridized carbons (Fsp3) is 0.615. The van der Waals surface area contributed by atoms with Gasteiger partial charge in [-0.1, -0.05) is 6.07 Å². The third-order valence-electron chi connectivity index (χ3n) is 2.71. The van der Waals surface area contributed by atoms with Crippen molar-refractivity contribution in [1.82, 2.24) is 10.3 Å². The Hall–Kier alpha value is -1.13. The molecule has 0 aliphatic rings. The van der Waals surface area contributed by atoms with E-state index in [9.17, 15) is 0 Å². The lowest BCUT2D eigenvalue weighted by Gasteiger charge is -2.19. The number of aryl methyl sites for hydroxylation is 1. The highest BCUT2D eigenvalue weighted by Crippen LogP contribution is 2.13. The van der Waals surface area contributed by atoms with Gasteiger partial charge in [-0.2, -0.15) is 0 Å². The maximum absolute atomic E-state index is 5.34. The molecule has 0 saturated heterocycles. The lowest BCUT2D eigenvalue weighted by Crippen LogP contribution is -2.24. The number of anilines is 1. The van der Waals surface area contributed by atoms with Gasteiger partial charge in [0.25, 0.3) is 0 Å². The molecule has 0 fully saturated rings. The minimum Gasteiger partial charge on any atom is -0.380 e. The minimum absolute atomic E-state index is 0.742. The summed E-state index contributed by atoms with van der Waals surface area (Å²) in [6.45, 7) is 7.29. The van der Waals surface area contributed by atoms with Crippen molar-refractivity contribution in [1.29, 1.82) is 0 Å². The van der Waals surface area contributed by atoms with Crippen molar-refractivity contribution in [3.63, 3.8) is 0 Å². The third kappa shape index (κ3) is 4.32. The largest absolute Gasteiger partial charge is 0.380 e. The van der Waals surface area contributed by atoms with Crippen LogP contribution in [0.25, 0.3) is 0 Å². The average Bonchev–Trinajstić information content (AvgIpc) is 2.32. The lowest BCUT2D eigenvalue weighted by molar-refractivity contribution is 0.154. The van der Waals surface area contributed by atoms with Crippen molar-refractivity contribution in [3.8, 4) is 0 Å². The van der Waals surface area contributed by atoms with Gasteiger partial charge in [0.1, 0.15) is 5.82 Å². The number of ether oxygens (including phenoxy) is 1. The Morgan fingerprint density at radius 1 is 1.41 bits per heavy atom. The van der Waals surface area contributed by atoms with Gasteiger partial charge in [0, 0.05) is 32.4 Å². The van der Waals surface area contributed by atoms with Crippen molar-refractivity contribution in [2.45, 2.75) is 20.4 Å². The summed E-state index contributed by atoms with van der Waals surface area (Å²) in [6, 6.07) is 4.19. The summed E-state index contributed by atoms with van der Waals surface area (Å²) in [5.41, 5.74) is 2.33. The Morgan fingerprint density at radius 3 is 2.76 bits per heavy atom. The zero-order valence-corrected chi connectivity index (χ0v) is 11.3. The third-order valence-corrected chi connectivity index (χ3v) is 2.71. The summed E-state index contributed by atoms with van der Waals surface area (Å²) in [4.78, 5) is 6.72. The first-order valence-electron chi connectivity index (χ1n) is 6.09. The molecule has 0 saturated carbocycles. The number of nitrogens with one attached hydrogen (secondary N) is 1. The highest BCUT2D eigenvalue weighted by atomic mass is 16.5. The summed E-state index contributed by atoms with van der Waals surface area (Å²) in [6.07, 6.45) is 0. The van der Waals surface area contributed by atoms with Gasteiger partial charge in [-0.15, -0.1) is 0 Å². The maximum atomic E-state index is 5.34. The average molecular weight is 237 g/mol. The van der Waals surface area contributed by atoms with Crippen molar-refractivity contribution in [2.24, 2.45) is 0 Å². The Balaban J connectivity index is 2.62. The molecule has 0 aliphatic heterocycles. The lowest BCUT2D eigenvalue weighted by atomic mass is 10.2. The molecule has 4 nitrogen and oxygen atoms in total. The molecular weight excluding hydrogens is 214 g/mol. The first-order chi connectivity index (χ1) is 8.19. The Bertz CT molecular complexity index is 341. The molecule has 0 aromatic carbocycles. The normalized spacial score (nSPS) is 10.6. The van der Waals surface area contributed by atoms with Gasteiger partial charge in [-0.05, 0) is 32.5 Å². The number of rotatable bonds is 7. The predicted octanol–water partition coefficient (Wildman–Crippen LogP) is 1.58. The van der Waals surface area contributed by atoms with Crippen molar-refractivity contribution < 1.29 is 4.74 Å². The van der Waals surface area contributed by atoms with Gasteiger partial charge >= 0.3 is 0 Å². The first-order valence-corrected chi connectivity index (χ1v) is 6.09. The second kappa shape index (κ2) is 7.25. The number of hydrogen-bond donors (Lipinski definition) is 1. The van der Waals surface area contributed by atoms with E-state index in [4.69, 9.17) is 4.74 Å². The van der Waals surface area contributed by atoms with E-state index in [1.54, 1.807) is 0 Å². The molecule has 0 amide bonds. The number of nitrogens with zero attached hydrogens (tertiary/aromatic N) is 2. The first kappa shape index (κ1) is 13.9. The smallest absolute Gasteiger partial charge is 0.128 e. The summed E-state index contributed by atoms with van der Waals surface area (Å²) >= 11 is 0. The monoisotopic (exact) mass is 237 g/mol. The summed E-state index contributed by atoms with van der Waals surface area (Å²) in [5, 5.41) is 3.14. The number of hydrogen-bond acceptors (Lipinski definition) is 4. The summed E-state index contributed by atoms with van der Waals surface area (Å²) in [5.74, 6) is 1.00. The van der Waals surface area contributed by atoms with Crippen LogP contribution in [0.5, 0.6) is 0 Å². The predicted molar refractivity (Wildman–Crippen MR) is 71.5 cm³/mol. The Morgan fingerprint density at radius 2 is 2.18 bits per heavy atom. The number of likely N-dealkylation sites (N-methyl/N-ethyl adjacent to an activating group) is 1. The number of aromatic nitrogens is 1. The van der Waals surface area contributed by atoms with Gasteiger partial charge in [0.05, 0.1) is 6.61 Å². The van der Waals surface area contributed by atoms with E-state index in [2.05, 4.69) is 27.3 Å².